The molecule has 1 fully saturated rings. The summed E-state index contributed by atoms with van der Waals surface area (Å²) < 4.78 is 22.2. The van der Waals surface area contributed by atoms with Crippen molar-refractivity contribution in [2.45, 2.75) is 38.4 Å². The second kappa shape index (κ2) is 9.32. The van der Waals surface area contributed by atoms with Crippen molar-refractivity contribution in [3.63, 3.8) is 0 Å². The molecule has 3 atom stereocenters. The van der Waals surface area contributed by atoms with E-state index in [1.165, 1.54) is 24.5 Å². The highest BCUT2D eigenvalue weighted by molar-refractivity contribution is 5.96. The molecule has 33 heavy (non-hydrogen) atoms. The van der Waals surface area contributed by atoms with E-state index >= 15 is 0 Å². The monoisotopic (exact) mass is 453 g/mol. The summed E-state index contributed by atoms with van der Waals surface area (Å²) in [5, 5.41) is 11.0. The Labute approximate surface area is 190 Å². The molecule has 9 heteroatoms. The highest BCUT2D eigenvalue weighted by Gasteiger charge is 2.42. The third-order valence-corrected chi connectivity index (χ3v) is 5.86. The topological polar surface area (TPSA) is 114 Å². The molecule has 172 valence electrons. The van der Waals surface area contributed by atoms with Gasteiger partial charge in [-0.3, -0.25) is 14.9 Å². The van der Waals surface area contributed by atoms with E-state index in [0.29, 0.717) is 36.3 Å². The fourth-order valence-corrected chi connectivity index (χ4v) is 4.09. The van der Waals surface area contributed by atoms with Gasteiger partial charge in [-0.1, -0.05) is 0 Å². The summed E-state index contributed by atoms with van der Waals surface area (Å²) in [6.07, 6.45) is 1.86. The average molecular weight is 453 g/mol. The van der Waals surface area contributed by atoms with Gasteiger partial charge in [-0.05, 0) is 56.2 Å². The summed E-state index contributed by atoms with van der Waals surface area (Å²) in [5.74, 6) is 0.242. The van der Waals surface area contributed by atoms with Gasteiger partial charge < -0.3 is 18.9 Å². The molecule has 0 amide bonds. The number of nitro groups is 1. The third kappa shape index (κ3) is 4.82. The molecule has 9 nitrogen and oxygen atoms in total. The van der Waals surface area contributed by atoms with Gasteiger partial charge in [-0.15, -0.1) is 0 Å². The lowest BCUT2D eigenvalue weighted by Crippen LogP contribution is -2.43. The van der Waals surface area contributed by atoms with Crippen LogP contribution in [0.5, 0.6) is 11.5 Å². The Morgan fingerprint density at radius 2 is 1.85 bits per heavy atom. The number of benzene rings is 2. The van der Waals surface area contributed by atoms with Crippen LogP contribution in [0.25, 0.3) is 0 Å². The number of carbonyl (C=O) groups is 2. The number of hydrogen-bond donors (Lipinski definition) is 0. The first kappa shape index (κ1) is 22.3. The zero-order valence-electron chi connectivity index (χ0n) is 18.2. The minimum atomic E-state index is -0.558. The molecule has 2 aliphatic rings. The number of rotatable bonds is 6. The number of ketones is 1. The summed E-state index contributed by atoms with van der Waals surface area (Å²) in [6, 6.07) is 11.0. The Morgan fingerprint density at radius 3 is 2.52 bits per heavy atom. The van der Waals surface area contributed by atoms with E-state index in [1.54, 1.807) is 38.3 Å². The van der Waals surface area contributed by atoms with Crippen LogP contribution >= 0.6 is 0 Å². The number of aryl methyl sites for hydroxylation is 1. The molecule has 0 aromatic heterocycles. The molecule has 2 aromatic rings. The first-order valence-electron chi connectivity index (χ1n) is 10.5. The Bertz CT molecular complexity index is 1110. The summed E-state index contributed by atoms with van der Waals surface area (Å²) in [6.45, 7) is 1.57. The number of nitro benzene ring substituents is 1. The molecule has 0 N–H and O–H groups in total. The van der Waals surface area contributed by atoms with Gasteiger partial charge in [0.1, 0.15) is 30.0 Å². The molecule has 0 bridgehead atoms. The Hall–Kier alpha value is -3.88. The predicted molar refractivity (Wildman–Crippen MR) is 116 cm³/mol. The minimum Gasteiger partial charge on any atom is -0.497 e. The van der Waals surface area contributed by atoms with Crippen LogP contribution in [0.3, 0.4) is 0 Å². The number of nitrogens with zero attached hydrogens (tertiary/aromatic N) is 1. The molecule has 1 aliphatic carbocycles. The molecule has 0 saturated heterocycles. The lowest BCUT2D eigenvalue weighted by Gasteiger charge is -2.36. The van der Waals surface area contributed by atoms with Crippen molar-refractivity contribution in [2.75, 3.05) is 7.11 Å². The first-order valence-corrected chi connectivity index (χ1v) is 10.5. The highest BCUT2D eigenvalue weighted by atomic mass is 16.6. The van der Waals surface area contributed by atoms with E-state index in [1.807, 2.05) is 0 Å². The molecule has 1 saturated carbocycles. The summed E-state index contributed by atoms with van der Waals surface area (Å²) in [7, 11) is 1.57. The molecule has 1 aliphatic heterocycles. The average Bonchev–Trinajstić information content (AvgIpc) is 2.81. The first-order chi connectivity index (χ1) is 15.9. The van der Waals surface area contributed by atoms with Gasteiger partial charge in [-0.25, -0.2) is 4.79 Å². The second-order valence-electron chi connectivity index (χ2n) is 8.00. The molecule has 2 aromatic carbocycles. The van der Waals surface area contributed by atoms with Crippen molar-refractivity contribution in [2.24, 2.45) is 5.92 Å². The van der Waals surface area contributed by atoms with Crippen LogP contribution in [-0.2, 0) is 14.3 Å². The van der Waals surface area contributed by atoms with Gasteiger partial charge in [0.15, 0.2) is 0 Å². The van der Waals surface area contributed by atoms with Crippen molar-refractivity contribution >= 4 is 17.4 Å². The fourth-order valence-electron chi connectivity index (χ4n) is 4.09. The van der Waals surface area contributed by atoms with Crippen molar-refractivity contribution in [1.82, 2.24) is 0 Å². The van der Waals surface area contributed by atoms with E-state index in [4.69, 9.17) is 18.9 Å². The van der Waals surface area contributed by atoms with Crippen LogP contribution in [0.2, 0.25) is 0 Å². The Balaban J connectivity index is 1.37. The highest BCUT2D eigenvalue weighted by Crippen LogP contribution is 2.35. The predicted octanol–water partition coefficient (Wildman–Crippen LogP) is 4.13. The summed E-state index contributed by atoms with van der Waals surface area (Å²) in [4.78, 5) is 35.9. The molecule has 4 rings (SSSR count). The van der Waals surface area contributed by atoms with Crippen molar-refractivity contribution in [3.05, 3.63) is 75.7 Å². The smallest absolute Gasteiger partial charge is 0.338 e. The molecule has 3 unspecified atom stereocenters. The van der Waals surface area contributed by atoms with E-state index in [2.05, 4.69) is 0 Å². The number of hydrogen-bond acceptors (Lipinski definition) is 8. The van der Waals surface area contributed by atoms with Crippen LogP contribution in [0.1, 0.15) is 35.2 Å². The molecular weight excluding hydrogens is 430 g/mol. The van der Waals surface area contributed by atoms with Crippen LogP contribution in [-0.4, -0.2) is 36.0 Å². The minimum absolute atomic E-state index is 0.0550. The van der Waals surface area contributed by atoms with Crippen LogP contribution in [0.15, 0.2) is 54.5 Å². The lowest BCUT2D eigenvalue weighted by molar-refractivity contribution is -0.385. The van der Waals surface area contributed by atoms with Crippen LogP contribution in [0, 0.1) is 23.0 Å². The maximum Gasteiger partial charge on any atom is 0.338 e. The summed E-state index contributed by atoms with van der Waals surface area (Å²) >= 11 is 0. The molecule has 0 spiro atoms. The van der Waals surface area contributed by atoms with Gasteiger partial charge in [0, 0.05) is 18.1 Å². The quantitative estimate of drug-likeness (QED) is 0.364. The van der Waals surface area contributed by atoms with Gasteiger partial charge in [-0.2, -0.15) is 0 Å². The number of allylic oxidation sites excluding steroid dienone is 1. The number of ether oxygens (including phenoxy) is 4. The zero-order valence-corrected chi connectivity index (χ0v) is 18.2. The van der Waals surface area contributed by atoms with Gasteiger partial charge in [0.05, 0.1) is 23.5 Å². The van der Waals surface area contributed by atoms with E-state index in [0.717, 1.165) is 0 Å². The number of Topliss-reactive ketones (excluding diaryl/α,β-unsaturated/α-hetero) is 1. The standard InChI is InChI=1S/C24H23NO8/c1-14-11-15(3-10-20(14)25(28)29)24(27)33-18-8-9-19-21(12-18)31-13-22(23(19)26)32-17-6-4-16(30-2)5-7-17/h3-7,10-11,13,18-19,21H,8-9,12H2,1-2H3. The maximum absolute atomic E-state index is 12.9. The Kier molecular flexibility index (Phi) is 6.30. The van der Waals surface area contributed by atoms with Crippen LogP contribution < -0.4 is 9.47 Å². The number of methoxy groups -OCH3 is 1. The summed E-state index contributed by atoms with van der Waals surface area (Å²) in [5.41, 5.74) is 0.574. The number of carbonyl (C=O) groups excluding carboxylic acids is 2. The van der Waals surface area contributed by atoms with E-state index < -0.39 is 23.1 Å². The number of esters is 1. The van der Waals surface area contributed by atoms with Crippen molar-refractivity contribution < 1.29 is 33.5 Å². The zero-order chi connectivity index (χ0) is 23.5. The third-order valence-electron chi connectivity index (χ3n) is 5.86. The second-order valence-corrected chi connectivity index (χ2v) is 8.00. The van der Waals surface area contributed by atoms with Crippen molar-refractivity contribution in [1.29, 1.82) is 0 Å². The SMILES string of the molecule is COc1ccc(OC2=COC3CC(OC(=O)c4ccc([N+](=O)[O-])c(C)c4)CCC3C2=O)cc1. The van der Waals surface area contributed by atoms with Crippen LogP contribution in [0.4, 0.5) is 5.69 Å². The maximum atomic E-state index is 12.9. The van der Waals surface area contributed by atoms with Gasteiger partial charge >= 0.3 is 5.97 Å². The van der Waals surface area contributed by atoms with E-state index in [9.17, 15) is 19.7 Å². The normalized spacial score (nSPS) is 21.8. The van der Waals surface area contributed by atoms with Crippen molar-refractivity contribution in [3.8, 4) is 11.5 Å². The Morgan fingerprint density at radius 1 is 1.12 bits per heavy atom. The van der Waals surface area contributed by atoms with Gasteiger partial charge in [0.2, 0.25) is 11.5 Å². The lowest BCUT2D eigenvalue weighted by atomic mass is 9.80. The largest absolute Gasteiger partial charge is 0.497 e. The van der Waals surface area contributed by atoms with E-state index in [-0.39, 0.29) is 28.7 Å². The molecule has 0 radical (unpaired) electrons. The number of fused-ring (bicyclic) bond motifs is 1. The fraction of sp³-hybridized carbons (Fsp3) is 0.333. The van der Waals surface area contributed by atoms with Gasteiger partial charge in [0.25, 0.3) is 5.69 Å². The molecule has 1 heterocycles. The molecular formula is C24H23NO8.